The van der Waals surface area contributed by atoms with Crippen LogP contribution in [0.5, 0.6) is 0 Å². The standard InChI is InChI=1S/C21H18N4OS4/c1-14-9-10-17(29-14)11-22-23-19(26)13-28-21-25-24-20(30-21)27-12-16-7-4-6-15-5-2-3-8-18(15)16/h2-11H,12-13H2,1H3,(H,23,26)/b22-11-. The Morgan fingerprint density at radius 1 is 1.03 bits per heavy atom. The van der Waals surface area contributed by atoms with Crippen molar-refractivity contribution >= 4 is 69.1 Å². The maximum atomic E-state index is 12.0. The first-order chi connectivity index (χ1) is 14.7. The Hall–Kier alpha value is -2.20. The fourth-order valence-corrected chi connectivity index (χ4v) is 6.29. The van der Waals surface area contributed by atoms with Crippen molar-refractivity contribution in [3.05, 3.63) is 69.9 Å². The van der Waals surface area contributed by atoms with Crippen LogP contribution in [-0.4, -0.2) is 28.1 Å². The molecule has 0 aliphatic rings. The number of benzene rings is 2. The van der Waals surface area contributed by atoms with Crippen LogP contribution in [0.15, 0.2) is 68.4 Å². The number of thiophene rings is 1. The van der Waals surface area contributed by atoms with Crippen LogP contribution in [-0.2, 0) is 10.5 Å². The first-order valence-corrected chi connectivity index (χ1v) is 12.7. The number of fused-ring (bicyclic) bond motifs is 1. The van der Waals surface area contributed by atoms with E-state index in [1.54, 1.807) is 29.3 Å². The Labute approximate surface area is 191 Å². The normalized spacial score (nSPS) is 11.4. The highest BCUT2D eigenvalue weighted by Crippen LogP contribution is 2.32. The average molecular weight is 471 g/mol. The summed E-state index contributed by atoms with van der Waals surface area (Å²) < 4.78 is 1.68. The molecule has 2 heterocycles. The number of aromatic nitrogens is 2. The molecule has 2 aromatic carbocycles. The molecule has 0 aliphatic heterocycles. The molecule has 1 amide bonds. The monoisotopic (exact) mass is 470 g/mol. The molecule has 0 saturated carbocycles. The first-order valence-electron chi connectivity index (χ1n) is 9.11. The average Bonchev–Trinajstić information content (AvgIpc) is 3.39. The minimum absolute atomic E-state index is 0.162. The highest BCUT2D eigenvalue weighted by atomic mass is 32.2. The lowest BCUT2D eigenvalue weighted by atomic mass is 10.1. The van der Waals surface area contributed by atoms with Crippen LogP contribution in [0, 0.1) is 6.92 Å². The predicted molar refractivity (Wildman–Crippen MR) is 129 cm³/mol. The fraction of sp³-hybridized carbons (Fsp3) is 0.143. The van der Waals surface area contributed by atoms with E-state index < -0.39 is 0 Å². The quantitative estimate of drug-likeness (QED) is 0.206. The summed E-state index contributed by atoms with van der Waals surface area (Å²) in [7, 11) is 0. The minimum Gasteiger partial charge on any atom is -0.272 e. The van der Waals surface area contributed by atoms with Crippen molar-refractivity contribution in [3.63, 3.8) is 0 Å². The van der Waals surface area contributed by atoms with E-state index in [0.29, 0.717) is 0 Å². The summed E-state index contributed by atoms with van der Waals surface area (Å²) in [6, 6.07) is 18.7. The molecule has 0 aliphatic carbocycles. The molecule has 30 heavy (non-hydrogen) atoms. The van der Waals surface area contributed by atoms with Gasteiger partial charge in [-0.05, 0) is 35.4 Å². The Bertz CT molecular complexity index is 1180. The number of hydrogen-bond donors (Lipinski definition) is 1. The summed E-state index contributed by atoms with van der Waals surface area (Å²) in [4.78, 5) is 14.2. The lowest BCUT2D eigenvalue weighted by Crippen LogP contribution is -2.19. The van der Waals surface area contributed by atoms with Gasteiger partial charge < -0.3 is 0 Å². The Balaban J connectivity index is 1.26. The highest BCUT2D eigenvalue weighted by molar-refractivity contribution is 8.03. The predicted octanol–water partition coefficient (Wildman–Crippen LogP) is 5.60. The van der Waals surface area contributed by atoms with Crippen LogP contribution in [0.4, 0.5) is 0 Å². The van der Waals surface area contributed by atoms with Crippen molar-refractivity contribution in [3.8, 4) is 0 Å². The highest BCUT2D eigenvalue weighted by Gasteiger charge is 2.09. The molecular formula is C21H18N4OS4. The number of nitrogens with zero attached hydrogens (tertiary/aromatic N) is 3. The van der Waals surface area contributed by atoms with Crippen LogP contribution >= 0.6 is 46.2 Å². The van der Waals surface area contributed by atoms with Crippen LogP contribution < -0.4 is 5.43 Å². The van der Waals surface area contributed by atoms with Gasteiger partial charge >= 0.3 is 0 Å². The van der Waals surface area contributed by atoms with Crippen molar-refractivity contribution in [2.75, 3.05) is 5.75 Å². The molecular weight excluding hydrogens is 453 g/mol. The molecule has 4 aromatic rings. The number of carbonyl (C=O) groups excluding carboxylic acids is 1. The number of amides is 1. The molecule has 9 heteroatoms. The molecule has 152 valence electrons. The van der Waals surface area contributed by atoms with Gasteiger partial charge in [-0.15, -0.1) is 21.5 Å². The number of hydrogen-bond acceptors (Lipinski definition) is 8. The maximum absolute atomic E-state index is 12.0. The van der Waals surface area contributed by atoms with E-state index in [4.69, 9.17) is 0 Å². The van der Waals surface area contributed by atoms with Gasteiger partial charge in [0.25, 0.3) is 5.91 Å². The van der Waals surface area contributed by atoms with Gasteiger partial charge in [0.2, 0.25) is 0 Å². The minimum atomic E-state index is -0.162. The van der Waals surface area contributed by atoms with Crippen molar-refractivity contribution < 1.29 is 4.79 Å². The third kappa shape index (κ3) is 5.69. The summed E-state index contributed by atoms with van der Waals surface area (Å²) in [5.74, 6) is 0.922. The smallest absolute Gasteiger partial charge is 0.250 e. The molecule has 1 N–H and O–H groups in total. The summed E-state index contributed by atoms with van der Waals surface area (Å²) in [5, 5.41) is 14.9. The summed E-state index contributed by atoms with van der Waals surface area (Å²) in [5.41, 5.74) is 3.83. The number of aryl methyl sites for hydroxylation is 1. The topological polar surface area (TPSA) is 67.2 Å². The van der Waals surface area contributed by atoms with Gasteiger partial charge in [0, 0.05) is 15.5 Å². The molecule has 0 radical (unpaired) electrons. The van der Waals surface area contributed by atoms with Gasteiger partial charge in [0.05, 0.1) is 12.0 Å². The second-order valence-corrected chi connectivity index (χ2v) is 11.0. The SMILES string of the molecule is Cc1ccc(/C=N\NC(=O)CSc2nnc(SCc3cccc4ccccc34)s2)s1. The lowest BCUT2D eigenvalue weighted by molar-refractivity contribution is -0.118. The lowest BCUT2D eigenvalue weighted by Gasteiger charge is -2.04. The molecule has 0 fully saturated rings. The van der Waals surface area contributed by atoms with E-state index in [2.05, 4.69) is 63.2 Å². The third-order valence-corrected chi connectivity index (χ3v) is 8.26. The van der Waals surface area contributed by atoms with Crippen molar-refractivity contribution in [1.29, 1.82) is 0 Å². The number of hydrazone groups is 1. The van der Waals surface area contributed by atoms with Crippen LogP contribution in [0.3, 0.4) is 0 Å². The van der Waals surface area contributed by atoms with Crippen LogP contribution in [0.25, 0.3) is 10.8 Å². The van der Waals surface area contributed by atoms with E-state index in [-0.39, 0.29) is 11.7 Å². The largest absolute Gasteiger partial charge is 0.272 e. The van der Waals surface area contributed by atoms with E-state index in [9.17, 15) is 4.79 Å². The van der Waals surface area contributed by atoms with Crippen molar-refractivity contribution in [2.45, 2.75) is 21.4 Å². The zero-order chi connectivity index (χ0) is 20.8. The third-order valence-electron chi connectivity index (χ3n) is 4.09. The summed E-state index contributed by atoms with van der Waals surface area (Å²) in [6.07, 6.45) is 1.66. The molecule has 0 saturated heterocycles. The zero-order valence-corrected chi connectivity index (χ0v) is 19.3. The Morgan fingerprint density at radius 2 is 1.83 bits per heavy atom. The number of nitrogens with one attached hydrogen (secondary N) is 1. The number of thioether (sulfide) groups is 2. The summed E-state index contributed by atoms with van der Waals surface area (Å²) in [6.45, 7) is 2.04. The van der Waals surface area contributed by atoms with E-state index in [0.717, 1.165) is 19.3 Å². The molecule has 0 bridgehead atoms. The molecule has 5 nitrogen and oxygen atoms in total. The molecule has 2 aromatic heterocycles. The van der Waals surface area contributed by atoms with Gasteiger partial charge in [-0.1, -0.05) is 77.3 Å². The van der Waals surface area contributed by atoms with Gasteiger partial charge in [0.15, 0.2) is 8.68 Å². The van der Waals surface area contributed by atoms with E-state index in [1.165, 1.54) is 44.3 Å². The Morgan fingerprint density at radius 3 is 2.67 bits per heavy atom. The zero-order valence-electron chi connectivity index (χ0n) is 16.1. The van der Waals surface area contributed by atoms with Gasteiger partial charge in [-0.25, -0.2) is 5.43 Å². The molecule has 0 unspecified atom stereocenters. The van der Waals surface area contributed by atoms with Crippen LogP contribution in [0.1, 0.15) is 15.3 Å². The molecule has 0 atom stereocenters. The second-order valence-electron chi connectivity index (χ2n) is 6.29. The number of carbonyl (C=O) groups is 1. The van der Waals surface area contributed by atoms with Gasteiger partial charge in [-0.3, -0.25) is 4.79 Å². The fourth-order valence-electron chi connectivity index (χ4n) is 2.72. The Kier molecular flexibility index (Phi) is 7.16. The first kappa shape index (κ1) is 21.0. The number of rotatable bonds is 8. The van der Waals surface area contributed by atoms with Crippen molar-refractivity contribution in [1.82, 2.24) is 15.6 Å². The molecule has 0 spiro atoms. The van der Waals surface area contributed by atoms with Crippen molar-refractivity contribution in [2.24, 2.45) is 5.10 Å². The van der Waals surface area contributed by atoms with Gasteiger partial charge in [-0.2, -0.15) is 5.10 Å². The van der Waals surface area contributed by atoms with E-state index >= 15 is 0 Å². The molecule has 4 rings (SSSR count). The van der Waals surface area contributed by atoms with Gasteiger partial charge in [0.1, 0.15) is 0 Å². The second kappa shape index (κ2) is 10.2. The maximum Gasteiger partial charge on any atom is 0.250 e. The summed E-state index contributed by atoms with van der Waals surface area (Å²) >= 11 is 6.18. The van der Waals surface area contributed by atoms with E-state index in [1.807, 2.05) is 19.1 Å². The van der Waals surface area contributed by atoms with Crippen LogP contribution in [0.2, 0.25) is 0 Å².